The molecule has 0 radical (unpaired) electrons. The van der Waals surface area contributed by atoms with Crippen LogP contribution in [0.4, 0.5) is 5.69 Å². The molecule has 0 aliphatic carbocycles. The zero-order chi connectivity index (χ0) is 18.2. The van der Waals surface area contributed by atoms with Crippen LogP contribution in [0.1, 0.15) is 25.8 Å². The van der Waals surface area contributed by atoms with Gasteiger partial charge >= 0.3 is 0 Å². The van der Waals surface area contributed by atoms with Crippen molar-refractivity contribution in [3.05, 3.63) is 108 Å². The first kappa shape index (κ1) is 17.8. The first-order valence-electron chi connectivity index (χ1n) is 9.15. The lowest BCUT2D eigenvalue weighted by atomic mass is 10.0. The topological polar surface area (TPSA) is 12.0 Å². The second-order valence-corrected chi connectivity index (χ2v) is 6.18. The SMILES string of the molecule is C/C=C\C(Nc1ccc(-c2ccccc2)cc1)=C(/CC)c1ccccc1. The van der Waals surface area contributed by atoms with Crippen molar-refractivity contribution < 1.29 is 0 Å². The number of hydrogen-bond donors (Lipinski definition) is 1. The Balaban J connectivity index is 1.90. The maximum atomic E-state index is 3.60. The maximum absolute atomic E-state index is 3.60. The third-order valence-electron chi connectivity index (χ3n) is 4.41. The normalized spacial score (nSPS) is 12.1. The number of allylic oxidation sites excluding steroid dienone is 3. The molecule has 1 nitrogen and oxygen atoms in total. The lowest BCUT2D eigenvalue weighted by molar-refractivity contribution is 1.21. The number of hydrogen-bond acceptors (Lipinski definition) is 1. The largest absolute Gasteiger partial charge is 0.355 e. The molecule has 26 heavy (non-hydrogen) atoms. The zero-order valence-electron chi connectivity index (χ0n) is 15.4. The smallest absolute Gasteiger partial charge is 0.0419 e. The lowest BCUT2D eigenvalue weighted by Gasteiger charge is -2.15. The molecular weight excluding hydrogens is 314 g/mol. The summed E-state index contributed by atoms with van der Waals surface area (Å²) in [7, 11) is 0. The highest BCUT2D eigenvalue weighted by atomic mass is 14.9. The number of benzene rings is 3. The predicted molar refractivity (Wildman–Crippen MR) is 114 cm³/mol. The summed E-state index contributed by atoms with van der Waals surface area (Å²) in [6, 6.07) is 29.7. The van der Waals surface area contributed by atoms with Crippen molar-refractivity contribution in [1.29, 1.82) is 0 Å². The Hall–Kier alpha value is -3.06. The van der Waals surface area contributed by atoms with Crippen LogP contribution in [0.15, 0.2) is 103 Å². The molecule has 0 aliphatic heterocycles. The van der Waals surface area contributed by atoms with E-state index >= 15 is 0 Å². The highest BCUT2D eigenvalue weighted by Crippen LogP contribution is 2.26. The molecule has 0 fully saturated rings. The molecular formula is C25H25N. The summed E-state index contributed by atoms with van der Waals surface area (Å²) in [4.78, 5) is 0. The fraction of sp³-hybridized carbons (Fsp3) is 0.120. The Bertz CT molecular complexity index is 872. The van der Waals surface area contributed by atoms with Gasteiger partial charge in [0.05, 0.1) is 0 Å². The van der Waals surface area contributed by atoms with Crippen molar-refractivity contribution in [2.24, 2.45) is 0 Å². The summed E-state index contributed by atoms with van der Waals surface area (Å²) in [5.41, 5.74) is 7.29. The summed E-state index contributed by atoms with van der Waals surface area (Å²) in [6.07, 6.45) is 5.20. The molecule has 0 aliphatic rings. The molecule has 130 valence electrons. The number of nitrogens with one attached hydrogen (secondary N) is 1. The maximum Gasteiger partial charge on any atom is 0.0419 e. The Morgan fingerprint density at radius 1 is 0.769 bits per heavy atom. The average molecular weight is 339 g/mol. The van der Waals surface area contributed by atoms with E-state index in [-0.39, 0.29) is 0 Å². The van der Waals surface area contributed by atoms with Gasteiger partial charge in [0.25, 0.3) is 0 Å². The Kier molecular flexibility index (Phi) is 6.05. The zero-order valence-corrected chi connectivity index (χ0v) is 15.4. The van der Waals surface area contributed by atoms with Crippen LogP contribution in [0.3, 0.4) is 0 Å². The molecule has 0 bridgehead atoms. The molecule has 0 amide bonds. The van der Waals surface area contributed by atoms with Crippen LogP contribution in [-0.4, -0.2) is 0 Å². The van der Waals surface area contributed by atoms with Gasteiger partial charge in [-0.15, -0.1) is 0 Å². The van der Waals surface area contributed by atoms with Gasteiger partial charge in [0, 0.05) is 11.4 Å². The molecule has 3 rings (SSSR count). The van der Waals surface area contributed by atoms with E-state index in [0.29, 0.717) is 0 Å². The van der Waals surface area contributed by atoms with Gasteiger partial charge < -0.3 is 5.32 Å². The first-order valence-corrected chi connectivity index (χ1v) is 9.15. The van der Waals surface area contributed by atoms with Crippen molar-refractivity contribution in [1.82, 2.24) is 0 Å². The van der Waals surface area contributed by atoms with E-state index < -0.39 is 0 Å². The highest BCUT2D eigenvalue weighted by molar-refractivity contribution is 5.75. The van der Waals surface area contributed by atoms with Crippen molar-refractivity contribution >= 4 is 11.3 Å². The third kappa shape index (κ3) is 4.31. The minimum atomic E-state index is 0.971. The van der Waals surface area contributed by atoms with E-state index in [1.807, 2.05) is 6.07 Å². The molecule has 3 aromatic carbocycles. The molecule has 0 heterocycles. The predicted octanol–water partition coefficient (Wildman–Crippen LogP) is 7.16. The fourth-order valence-corrected chi connectivity index (χ4v) is 3.11. The second-order valence-electron chi connectivity index (χ2n) is 6.18. The van der Waals surface area contributed by atoms with E-state index in [9.17, 15) is 0 Å². The molecule has 1 N–H and O–H groups in total. The highest BCUT2D eigenvalue weighted by Gasteiger charge is 2.06. The number of anilines is 1. The molecule has 1 heteroatoms. The summed E-state index contributed by atoms with van der Waals surface area (Å²) in [6.45, 7) is 4.25. The van der Waals surface area contributed by atoms with Crippen LogP contribution in [0.25, 0.3) is 16.7 Å². The van der Waals surface area contributed by atoms with Gasteiger partial charge in [-0.2, -0.15) is 0 Å². The monoisotopic (exact) mass is 339 g/mol. The third-order valence-corrected chi connectivity index (χ3v) is 4.41. The number of rotatable bonds is 6. The minimum Gasteiger partial charge on any atom is -0.355 e. The van der Waals surface area contributed by atoms with E-state index in [2.05, 4.69) is 110 Å². The van der Waals surface area contributed by atoms with E-state index in [0.717, 1.165) is 17.8 Å². The Morgan fingerprint density at radius 2 is 1.35 bits per heavy atom. The first-order chi connectivity index (χ1) is 12.8. The Morgan fingerprint density at radius 3 is 1.92 bits per heavy atom. The molecule has 0 spiro atoms. The standard InChI is InChI=1S/C25H25N/c1-3-11-25(24(4-2)22-14-9-6-10-15-22)26-23-18-16-21(17-19-23)20-12-7-5-8-13-20/h3,5-19,26H,4H2,1-2H3/b11-3-,25-24-. The quantitative estimate of drug-likeness (QED) is 0.470. The summed E-state index contributed by atoms with van der Waals surface area (Å²) in [5, 5.41) is 3.60. The van der Waals surface area contributed by atoms with Crippen LogP contribution >= 0.6 is 0 Å². The fourth-order valence-electron chi connectivity index (χ4n) is 3.11. The van der Waals surface area contributed by atoms with Crippen LogP contribution < -0.4 is 5.32 Å². The van der Waals surface area contributed by atoms with Gasteiger partial charge in [-0.05, 0) is 53.8 Å². The van der Waals surface area contributed by atoms with E-state index in [4.69, 9.17) is 0 Å². The Labute approximate surface area is 156 Å². The molecule has 0 saturated heterocycles. The van der Waals surface area contributed by atoms with Gasteiger partial charge in [0.1, 0.15) is 0 Å². The van der Waals surface area contributed by atoms with E-state index in [1.165, 1.54) is 22.3 Å². The summed E-state index contributed by atoms with van der Waals surface area (Å²) >= 11 is 0. The van der Waals surface area contributed by atoms with Crippen molar-refractivity contribution in [3.8, 4) is 11.1 Å². The molecule has 0 atom stereocenters. The molecule has 0 unspecified atom stereocenters. The molecule has 3 aromatic rings. The van der Waals surface area contributed by atoms with Crippen molar-refractivity contribution in [2.75, 3.05) is 5.32 Å². The van der Waals surface area contributed by atoms with Crippen LogP contribution in [0.2, 0.25) is 0 Å². The van der Waals surface area contributed by atoms with Gasteiger partial charge in [-0.1, -0.05) is 85.8 Å². The molecule has 0 aromatic heterocycles. The lowest BCUT2D eigenvalue weighted by Crippen LogP contribution is -2.01. The van der Waals surface area contributed by atoms with Gasteiger partial charge in [0.2, 0.25) is 0 Å². The molecule has 0 saturated carbocycles. The average Bonchev–Trinajstić information content (AvgIpc) is 2.71. The van der Waals surface area contributed by atoms with E-state index in [1.54, 1.807) is 0 Å². The van der Waals surface area contributed by atoms with Gasteiger partial charge in [-0.25, -0.2) is 0 Å². The minimum absolute atomic E-state index is 0.971. The van der Waals surface area contributed by atoms with Gasteiger partial charge in [-0.3, -0.25) is 0 Å². The van der Waals surface area contributed by atoms with Gasteiger partial charge in [0.15, 0.2) is 0 Å². The van der Waals surface area contributed by atoms with Crippen molar-refractivity contribution in [2.45, 2.75) is 20.3 Å². The van der Waals surface area contributed by atoms with Crippen molar-refractivity contribution in [3.63, 3.8) is 0 Å². The second kappa shape index (κ2) is 8.87. The van der Waals surface area contributed by atoms with Crippen LogP contribution in [0, 0.1) is 0 Å². The van der Waals surface area contributed by atoms with Crippen LogP contribution in [0.5, 0.6) is 0 Å². The summed E-state index contributed by atoms with van der Waals surface area (Å²) < 4.78 is 0. The van der Waals surface area contributed by atoms with Crippen LogP contribution in [-0.2, 0) is 0 Å². The summed E-state index contributed by atoms with van der Waals surface area (Å²) in [5.74, 6) is 0.